The first-order valence-corrected chi connectivity index (χ1v) is 6.25. The first-order valence-electron chi connectivity index (χ1n) is 5.47. The van der Waals surface area contributed by atoms with Gasteiger partial charge in [-0.15, -0.1) is 0 Å². The number of rotatable bonds is 1. The zero-order chi connectivity index (χ0) is 12.6. The molecule has 0 spiro atoms. The number of para-hydroxylation sites is 1. The molecule has 0 atom stereocenters. The lowest BCUT2D eigenvalue weighted by Gasteiger charge is -2.16. The minimum absolute atomic E-state index is 0.0417. The predicted octanol–water partition coefficient (Wildman–Crippen LogP) is 4.49. The van der Waals surface area contributed by atoms with E-state index in [1.54, 1.807) is 0 Å². The van der Waals surface area contributed by atoms with Crippen molar-refractivity contribution in [2.24, 2.45) is 0 Å². The van der Waals surface area contributed by atoms with E-state index in [1.807, 2.05) is 35.0 Å². The van der Waals surface area contributed by atoms with E-state index in [4.69, 9.17) is 23.8 Å². The third-order valence-electron chi connectivity index (χ3n) is 2.62. The summed E-state index contributed by atoms with van der Waals surface area (Å²) in [6.45, 7) is 6.43. The monoisotopic (exact) mass is 266 g/mol. The van der Waals surface area contributed by atoms with Crippen molar-refractivity contribution in [2.75, 3.05) is 0 Å². The summed E-state index contributed by atoms with van der Waals surface area (Å²) >= 11 is 11.5. The van der Waals surface area contributed by atoms with Crippen LogP contribution in [0.15, 0.2) is 30.3 Å². The Bertz CT molecular complexity index is 590. The molecule has 0 unspecified atom stereocenters. The number of nitrogens with one attached hydrogen (secondary N) is 1. The van der Waals surface area contributed by atoms with Crippen LogP contribution < -0.4 is 0 Å². The number of hydrogen-bond donors (Lipinski definition) is 1. The highest BCUT2D eigenvalue weighted by Crippen LogP contribution is 2.24. The van der Waals surface area contributed by atoms with Gasteiger partial charge < -0.3 is 0 Å². The summed E-state index contributed by atoms with van der Waals surface area (Å²) in [5.41, 5.74) is 2.03. The van der Waals surface area contributed by atoms with E-state index in [1.165, 1.54) is 0 Å². The average Bonchev–Trinajstić information content (AvgIpc) is 2.61. The van der Waals surface area contributed by atoms with Crippen molar-refractivity contribution in [1.29, 1.82) is 0 Å². The van der Waals surface area contributed by atoms with Gasteiger partial charge in [0.05, 0.1) is 10.7 Å². The molecule has 0 fully saturated rings. The standard InChI is InChI=1S/C13H15ClN2S/c1-13(2,3)11-8-12(17)16(15-11)10-7-5-4-6-9(10)14/h4-8,15H,1-3H3. The van der Waals surface area contributed by atoms with Crippen LogP contribution in [0.4, 0.5) is 0 Å². The minimum Gasteiger partial charge on any atom is -0.296 e. The summed E-state index contributed by atoms with van der Waals surface area (Å²) in [6.07, 6.45) is 0. The molecule has 0 radical (unpaired) electrons. The molecule has 4 heteroatoms. The molecule has 0 saturated heterocycles. The van der Waals surface area contributed by atoms with Crippen molar-refractivity contribution >= 4 is 23.8 Å². The second kappa shape index (κ2) is 4.31. The molecule has 1 aromatic carbocycles. The number of benzene rings is 1. The van der Waals surface area contributed by atoms with Crippen molar-refractivity contribution in [2.45, 2.75) is 26.2 Å². The zero-order valence-corrected chi connectivity index (χ0v) is 11.7. The molecule has 0 amide bonds. The highest BCUT2D eigenvalue weighted by Gasteiger charge is 2.17. The Hall–Kier alpha value is -1.06. The average molecular weight is 267 g/mol. The topological polar surface area (TPSA) is 20.7 Å². The van der Waals surface area contributed by atoms with Gasteiger partial charge in [-0.1, -0.05) is 56.7 Å². The lowest BCUT2D eigenvalue weighted by molar-refractivity contribution is 0.560. The molecular weight excluding hydrogens is 252 g/mol. The van der Waals surface area contributed by atoms with Crippen molar-refractivity contribution in [3.8, 4) is 5.69 Å². The smallest absolute Gasteiger partial charge is 0.128 e. The molecule has 90 valence electrons. The second-order valence-electron chi connectivity index (χ2n) is 5.04. The summed E-state index contributed by atoms with van der Waals surface area (Å²) in [7, 11) is 0. The van der Waals surface area contributed by atoms with E-state index in [-0.39, 0.29) is 5.41 Å². The fraction of sp³-hybridized carbons (Fsp3) is 0.308. The van der Waals surface area contributed by atoms with E-state index in [0.717, 1.165) is 16.0 Å². The van der Waals surface area contributed by atoms with Gasteiger partial charge >= 0.3 is 0 Å². The van der Waals surface area contributed by atoms with Crippen LogP contribution in [0.5, 0.6) is 0 Å². The van der Waals surface area contributed by atoms with Crippen molar-refractivity contribution in [1.82, 2.24) is 9.78 Å². The minimum atomic E-state index is 0.0417. The Morgan fingerprint density at radius 3 is 2.41 bits per heavy atom. The summed E-state index contributed by atoms with van der Waals surface area (Å²) in [6, 6.07) is 9.64. The Labute approximate surface area is 111 Å². The summed E-state index contributed by atoms with van der Waals surface area (Å²) < 4.78 is 2.58. The molecule has 0 aliphatic carbocycles. The molecule has 2 aromatic rings. The van der Waals surface area contributed by atoms with Gasteiger partial charge in [0, 0.05) is 11.1 Å². The molecule has 0 bridgehead atoms. The second-order valence-corrected chi connectivity index (χ2v) is 5.87. The fourth-order valence-electron chi connectivity index (χ4n) is 1.59. The molecular formula is C13H15ClN2S. The maximum Gasteiger partial charge on any atom is 0.128 e. The van der Waals surface area contributed by atoms with Crippen LogP contribution in [0.3, 0.4) is 0 Å². The highest BCUT2D eigenvalue weighted by molar-refractivity contribution is 7.71. The molecule has 0 saturated carbocycles. The summed E-state index contributed by atoms with van der Waals surface area (Å²) in [5.74, 6) is 0. The van der Waals surface area contributed by atoms with Gasteiger partial charge in [-0.25, -0.2) is 4.68 Å². The van der Waals surface area contributed by atoms with Gasteiger partial charge in [0.2, 0.25) is 0 Å². The van der Waals surface area contributed by atoms with Crippen LogP contribution in [0, 0.1) is 4.64 Å². The quantitative estimate of drug-likeness (QED) is 0.755. The first-order chi connectivity index (χ1) is 7.89. The van der Waals surface area contributed by atoms with E-state index >= 15 is 0 Å². The van der Waals surface area contributed by atoms with E-state index in [9.17, 15) is 0 Å². The number of aromatic amines is 1. The molecule has 2 nitrogen and oxygen atoms in total. The highest BCUT2D eigenvalue weighted by atomic mass is 35.5. The largest absolute Gasteiger partial charge is 0.296 e. The molecule has 17 heavy (non-hydrogen) atoms. The van der Waals surface area contributed by atoms with Crippen LogP contribution in [-0.2, 0) is 5.41 Å². The van der Waals surface area contributed by atoms with Gasteiger partial charge in [0.1, 0.15) is 4.64 Å². The maximum atomic E-state index is 6.17. The number of hydrogen-bond acceptors (Lipinski definition) is 1. The van der Waals surface area contributed by atoms with E-state index in [0.29, 0.717) is 5.02 Å². The van der Waals surface area contributed by atoms with Crippen LogP contribution in [0.2, 0.25) is 5.02 Å². The lowest BCUT2D eigenvalue weighted by atomic mass is 9.93. The predicted molar refractivity (Wildman–Crippen MR) is 74.7 cm³/mol. The Kier molecular flexibility index (Phi) is 3.15. The Morgan fingerprint density at radius 1 is 1.24 bits per heavy atom. The molecule has 2 rings (SSSR count). The number of nitrogens with zero attached hydrogens (tertiary/aromatic N) is 1. The number of aromatic nitrogens is 2. The van der Waals surface area contributed by atoms with Gasteiger partial charge in [-0.05, 0) is 18.2 Å². The zero-order valence-electron chi connectivity index (χ0n) is 10.1. The summed E-state index contributed by atoms with van der Waals surface area (Å²) in [4.78, 5) is 0. The van der Waals surface area contributed by atoms with Crippen LogP contribution in [0.25, 0.3) is 5.69 Å². The van der Waals surface area contributed by atoms with Gasteiger partial charge in [-0.2, -0.15) is 0 Å². The molecule has 1 heterocycles. The molecule has 0 aliphatic heterocycles. The first kappa shape index (κ1) is 12.4. The fourth-order valence-corrected chi connectivity index (χ4v) is 2.07. The number of H-pyrrole nitrogens is 1. The molecule has 1 aromatic heterocycles. The van der Waals surface area contributed by atoms with Crippen molar-refractivity contribution in [3.05, 3.63) is 45.7 Å². The van der Waals surface area contributed by atoms with Crippen molar-refractivity contribution < 1.29 is 0 Å². The van der Waals surface area contributed by atoms with Crippen molar-refractivity contribution in [3.63, 3.8) is 0 Å². The maximum absolute atomic E-state index is 6.17. The Balaban J connectivity index is 2.59. The molecule has 1 N–H and O–H groups in total. The summed E-state index contributed by atoms with van der Waals surface area (Å²) in [5, 5.41) is 3.99. The van der Waals surface area contributed by atoms with Gasteiger partial charge in [-0.3, -0.25) is 5.10 Å². The third kappa shape index (κ3) is 2.45. The normalized spacial score (nSPS) is 11.8. The lowest BCUT2D eigenvalue weighted by Crippen LogP contribution is -2.12. The van der Waals surface area contributed by atoms with Gasteiger partial charge in [0.15, 0.2) is 0 Å². The van der Waals surface area contributed by atoms with E-state index in [2.05, 4.69) is 25.9 Å². The SMILES string of the molecule is CC(C)(C)c1cc(=S)n(-c2ccccc2Cl)[nH]1. The van der Waals surface area contributed by atoms with Crippen LogP contribution in [-0.4, -0.2) is 9.78 Å². The molecule has 0 aliphatic rings. The third-order valence-corrected chi connectivity index (χ3v) is 3.24. The van der Waals surface area contributed by atoms with Crippen LogP contribution in [0.1, 0.15) is 26.5 Å². The van der Waals surface area contributed by atoms with Crippen LogP contribution >= 0.6 is 23.8 Å². The Morgan fingerprint density at radius 2 is 1.88 bits per heavy atom. The van der Waals surface area contributed by atoms with Gasteiger partial charge in [0.25, 0.3) is 0 Å². The number of halogens is 1. The van der Waals surface area contributed by atoms with E-state index < -0.39 is 0 Å².